The van der Waals surface area contributed by atoms with E-state index in [4.69, 9.17) is 5.11 Å². The molecule has 1 atom stereocenters. The van der Waals surface area contributed by atoms with Crippen LogP contribution >= 0.6 is 11.8 Å². The molecule has 1 N–H and O–H groups in total. The summed E-state index contributed by atoms with van der Waals surface area (Å²) >= 11 is 2.03. The number of hydrogen-bond donors (Lipinski definition) is 1. The zero-order valence-electron chi connectivity index (χ0n) is 7.12. The minimum atomic E-state index is 0.289. The minimum absolute atomic E-state index is 0.289. The quantitative estimate of drug-likeness (QED) is 0.686. The lowest BCUT2D eigenvalue weighted by molar-refractivity contribution is 0.182. The minimum Gasteiger partial charge on any atom is -0.395 e. The first kappa shape index (κ1) is 9.36. The Labute approximate surface area is 73.0 Å². The second kappa shape index (κ2) is 5.01. The average Bonchev–Trinajstić information content (AvgIpc) is 2.07. The number of rotatable bonds is 3. The third-order valence-electron chi connectivity index (χ3n) is 2.21. The lowest BCUT2D eigenvalue weighted by atomic mass is 10.1. The molecule has 1 rings (SSSR count). The second-order valence-corrected chi connectivity index (χ2v) is 4.23. The van der Waals surface area contributed by atoms with Gasteiger partial charge in [-0.1, -0.05) is 0 Å². The number of thioether (sulfide) groups is 1. The van der Waals surface area contributed by atoms with Crippen molar-refractivity contribution >= 4 is 11.8 Å². The number of aliphatic hydroxyl groups is 1. The van der Waals surface area contributed by atoms with Crippen molar-refractivity contribution in [2.45, 2.75) is 18.9 Å². The second-order valence-electron chi connectivity index (χ2n) is 3.08. The van der Waals surface area contributed by atoms with Crippen LogP contribution in [0.5, 0.6) is 0 Å². The van der Waals surface area contributed by atoms with E-state index in [9.17, 15) is 0 Å². The first-order valence-corrected chi connectivity index (χ1v) is 5.39. The molecule has 0 saturated carbocycles. The van der Waals surface area contributed by atoms with Crippen LogP contribution in [-0.2, 0) is 0 Å². The number of nitrogens with zero attached hydrogens (tertiary/aromatic N) is 1. The molecule has 0 amide bonds. The molecular weight excluding hydrogens is 158 g/mol. The third kappa shape index (κ3) is 3.01. The summed E-state index contributed by atoms with van der Waals surface area (Å²) in [6.07, 6.45) is 2.65. The molecule has 11 heavy (non-hydrogen) atoms. The van der Waals surface area contributed by atoms with Gasteiger partial charge in [0.1, 0.15) is 0 Å². The Morgan fingerprint density at radius 1 is 1.64 bits per heavy atom. The molecule has 1 unspecified atom stereocenters. The van der Waals surface area contributed by atoms with Gasteiger partial charge in [-0.2, -0.15) is 11.8 Å². The maximum Gasteiger partial charge on any atom is 0.0558 e. The zero-order chi connectivity index (χ0) is 8.10. The monoisotopic (exact) mass is 175 g/mol. The van der Waals surface area contributed by atoms with E-state index >= 15 is 0 Å². The van der Waals surface area contributed by atoms with E-state index in [1.54, 1.807) is 0 Å². The van der Waals surface area contributed by atoms with Crippen molar-refractivity contribution in [2.75, 3.05) is 31.7 Å². The van der Waals surface area contributed by atoms with Crippen molar-refractivity contribution in [3.63, 3.8) is 0 Å². The third-order valence-corrected chi connectivity index (χ3v) is 3.41. The molecule has 0 bridgehead atoms. The summed E-state index contributed by atoms with van der Waals surface area (Å²) in [5.41, 5.74) is 0. The smallest absolute Gasteiger partial charge is 0.0558 e. The fourth-order valence-electron chi connectivity index (χ4n) is 1.41. The Kier molecular flexibility index (Phi) is 4.26. The van der Waals surface area contributed by atoms with E-state index in [-0.39, 0.29) is 6.61 Å². The van der Waals surface area contributed by atoms with Gasteiger partial charge in [0, 0.05) is 18.3 Å². The average molecular weight is 175 g/mol. The predicted molar refractivity (Wildman–Crippen MR) is 50.1 cm³/mol. The van der Waals surface area contributed by atoms with E-state index in [0.717, 1.165) is 6.54 Å². The van der Waals surface area contributed by atoms with Crippen LogP contribution < -0.4 is 0 Å². The largest absolute Gasteiger partial charge is 0.395 e. The summed E-state index contributed by atoms with van der Waals surface area (Å²) in [4.78, 5) is 2.27. The number of hydrogen-bond acceptors (Lipinski definition) is 3. The Hall–Kier alpha value is 0.270. The van der Waals surface area contributed by atoms with Gasteiger partial charge in [0.05, 0.1) is 6.61 Å². The van der Waals surface area contributed by atoms with Crippen molar-refractivity contribution in [2.24, 2.45) is 0 Å². The van der Waals surface area contributed by atoms with Crippen LogP contribution in [0, 0.1) is 0 Å². The summed E-state index contributed by atoms with van der Waals surface area (Å²) in [6.45, 7) is 1.11. The van der Waals surface area contributed by atoms with Gasteiger partial charge in [0.25, 0.3) is 0 Å². The standard InChI is InChI=1S/C8H17NOS/c1-9(4-5-10)8-3-2-6-11-7-8/h8,10H,2-7H2,1H3. The summed E-state index contributed by atoms with van der Waals surface area (Å²) in [5, 5.41) is 8.72. The van der Waals surface area contributed by atoms with Crippen LogP contribution in [0.2, 0.25) is 0 Å². The molecule has 0 radical (unpaired) electrons. The highest BCUT2D eigenvalue weighted by atomic mass is 32.2. The van der Waals surface area contributed by atoms with Crippen molar-refractivity contribution in [1.82, 2.24) is 4.90 Å². The van der Waals surface area contributed by atoms with Gasteiger partial charge in [0.2, 0.25) is 0 Å². The van der Waals surface area contributed by atoms with Gasteiger partial charge in [-0.3, -0.25) is 0 Å². The molecule has 1 saturated heterocycles. The van der Waals surface area contributed by atoms with Crippen LogP contribution in [0.1, 0.15) is 12.8 Å². The molecule has 1 heterocycles. The molecule has 1 aliphatic heterocycles. The van der Waals surface area contributed by atoms with Crippen LogP contribution in [-0.4, -0.2) is 47.8 Å². The summed E-state index contributed by atoms with van der Waals surface area (Å²) < 4.78 is 0. The number of aliphatic hydroxyl groups excluding tert-OH is 1. The summed E-state index contributed by atoms with van der Waals surface area (Å²) in [5.74, 6) is 2.57. The number of likely N-dealkylation sites (N-methyl/N-ethyl adjacent to an activating group) is 1. The van der Waals surface area contributed by atoms with Crippen LogP contribution in [0.15, 0.2) is 0 Å². The lowest BCUT2D eigenvalue weighted by Crippen LogP contribution is -2.37. The van der Waals surface area contributed by atoms with E-state index in [0.29, 0.717) is 6.04 Å². The molecule has 66 valence electrons. The van der Waals surface area contributed by atoms with Gasteiger partial charge in [0.15, 0.2) is 0 Å². The molecule has 1 aliphatic rings. The molecule has 0 spiro atoms. The van der Waals surface area contributed by atoms with Gasteiger partial charge in [-0.15, -0.1) is 0 Å². The SMILES string of the molecule is CN(CCO)C1CCCSC1. The van der Waals surface area contributed by atoms with E-state index in [1.807, 2.05) is 11.8 Å². The first-order chi connectivity index (χ1) is 5.34. The Morgan fingerprint density at radius 3 is 3.00 bits per heavy atom. The molecule has 0 aromatic rings. The fraction of sp³-hybridized carbons (Fsp3) is 1.00. The highest BCUT2D eigenvalue weighted by molar-refractivity contribution is 7.99. The molecule has 3 heteroatoms. The Bertz CT molecular complexity index is 104. The zero-order valence-corrected chi connectivity index (χ0v) is 7.94. The Balaban J connectivity index is 2.21. The van der Waals surface area contributed by atoms with E-state index in [2.05, 4.69) is 11.9 Å². The van der Waals surface area contributed by atoms with Crippen molar-refractivity contribution in [3.8, 4) is 0 Å². The summed E-state index contributed by atoms with van der Waals surface area (Å²) in [7, 11) is 2.10. The molecule has 1 fully saturated rings. The first-order valence-electron chi connectivity index (χ1n) is 4.23. The maximum absolute atomic E-state index is 8.72. The molecule has 0 aromatic heterocycles. The highest BCUT2D eigenvalue weighted by Gasteiger charge is 2.17. The van der Waals surface area contributed by atoms with Crippen molar-refractivity contribution in [3.05, 3.63) is 0 Å². The molecule has 2 nitrogen and oxygen atoms in total. The normalized spacial score (nSPS) is 25.9. The van der Waals surface area contributed by atoms with Gasteiger partial charge >= 0.3 is 0 Å². The van der Waals surface area contributed by atoms with Gasteiger partial charge in [-0.25, -0.2) is 0 Å². The van der Waals surface area contributed by atoms with Crippen LogP contribution in [0.3, 0.4) is 0 Å². The molecular formula is C8H17NOS. The highest BCUT2D eigenvalue weighted by Crippen LogP contribution is 2.20. The molecule has 0 aromatic carbocycles. The van der Waals surface area contributed by atoms with Gasteiger partial charge < -0.3 is 10.0 Å². The predicted octanol–water partition coefficient (Wildman–Crippen LogP) is 0.806. The Morgan fingerprint density at radius 2 is 2.45 bits per heavy atom. The van der Waals surface area contributed by atoms with Crippen LogP contribution in [0.4, 0.5) is 0 Å². The topological polar surface area (TPSA) is 23.5 Å². The van der Waals surface area contributed by atoms with E-state index < -0.39 is 0 Å². The lowest BCUT2D eigenvalue weighted by Gasteiger charge is -2.30. The summed E-state index contributed by atoms with van der Waals surface area (Å²) in [6, 6.07) is 0.709. The van der Waals surface area contributed by atoms with Crippen molar-refractivity contribution in [1.29, 1.82) is 0 Å². The van der Waals surface area contributed by atoms with Gasteiger partial charge in [-0.05, 0) is 25.6 Å². The fourth-order valence-corrected chi connectivity index (χ4v) is 2.64. The van der Waals surface area contributed by atoms with Crippen LogP contribution in [0.25, 0.3) is 0 Å². The van der Waals surface area contributed by atoms with E-state index in [1.165, 1.54) is 24.3 Å². The molecule has 0 aliphatic carbocycles. The van der Waals surface area contributed by atoms with Crippen molar-refractivity contribution < 1.29 is 5.11 Å². The maximum atomic E-state index is 8.72.